The number of ether oxygens (including phenoxy) is 1. The second-order valence-corrected chi connectivity index (χ2v) is 2.75. The van der Waals surface area contributed by atoms with Crippen LogP contribution in [0.25, 0.3) is 0 Å². The van der Waals surface area contributed by atoms with E-state index in [1.54, 1.807) is 6.92 Å². The first-order chi connectivity index (χ1) is 6.20. The summed E-state index contributed by atoms with van der Waals surface area (Å²) in [7, 11) is 0. The minimum Gasteiger partial charge on any atom is -0.461 e. The second-order valence-electron chi connectivity index (χ2n) is 2.75. The highest BCUT2D eigenvalue weighted by atomic mass is 16.5. The smallest absolute Gasteiger partial charge is 0.359 e. The molecule has 1 aromatic heterocycles. The van der Waals surface area contributed by atoms with E-state index in [4.69, 9.17) is 4.74 Å². The number of nitrogens with one attached hydrogen (secondary N) is 1. The quantitative estimate of drug-likeness (QED) is 0.720. The Labute approximate surface area is 77.3 Å². The maximum Gasteiger partial charge on any atom is 0.359 e. The van der Waals surface area contributed by atoms with Gasteiger partial charge in [-0.3, -0.25) is 5.10 Å². The molecule has 0 spiro atoms. The zero-order valence-corrected chi connectivity index (χ0v) is 8.18. The molecule has 0 amide bonds. The average Bonchev–Trinajstić information content (AvgIpc) is 2.47. The molecule has 4 heteroatoms. The van der Waals surface area contributed by atoms with Crippen LogP contribution in [-0.4, -0.2) is 22.8 Å². The number of hydrogen-bond donors (Lipinski definition) is 1. The maximum atomic E-state index is 11.3. The van der Waals surface area contributed by atoms with E-state index in [1.165, 1.54) is 0 Å². The van der Waals surface area contributed by atoms with Crippen molar-refractivity contribution < 1.29 is 9.53 Å². The number of aryl methyl sites for hydroxylation is 1. The fourth-order valence-electron chi connectivity index (χ4n) is 1.25. The van der Waals surface area contributed by atoms with Gasteiger partial charge in [-0.1, -0.05) is 6.92 Å². The number of carbonyl (C=O) groups excluding carboxylic acids is 1. The van der Waals surface area contributed by atoms with E-state index in [2.05, 4.69) is 10.2 Å². The van der Waals surface area contributed by atoms with Gasteiger partial charge in [0.1, 0.15) is 0 Å². The highest BCUT2D eigenvalue weighted by molar-refractivity contribution is 5.89. The topological polar surface area (TPSA) is 55.0 Å². The van der Waals surface area contributed by atoms with Crippen molar-refractivity contribution in [3.63, 3.8) is 0 Å². The molecule has 0 atom stereocenters. The van der Waals surface area contributed by atoms with Gasteiger partial charge >= 0.3 is 5.97 Å². The molecule has 1 heterocycles. The summed E-state index contributed by atoms with van der Waals surface area (Å²) >= 11 is 0. The molecule has 0 unspecified atom stereocenters. The molecule has 72 valence electrons. The van der Waals surface area contributed by atoms with Gasteiger partial charge in [-0.25, -0.2) is 4.79 Å². The van der Waals surface area contributed by atoms with Gasteiger partial charge in [0.05, 0.1) is 6.61 Å². The van der Waals surface area contributed by atoms with E-state index >= 15 is 0 Å². The zero-order chi connectivity index (χ0) is 9.84. The molecule has 1 aromatic rings. The molecule has 1 rings (SSSR count). The number of nitrogens with zero attached hydrogens (tertiary/aromatic N) is 1. The Kier molecular flexibility index (Phi) is 3.06. The van der Waals surface area contributed by atoms with Gasteiger partial charge in [0.15, 0.2) is 5.69 Å². The highest BCUT2D eigenvalue weighted by Crippen LogP contribution is 2.11. The lowest BCUT2D eigenvalue weighted by molar-refractivity contribution is 0.0518. The summed E-state index contributed by atoms with van der Waals surface area (Å²) in [6.45, 7) is 6.05. The fourth-order valence-corrected chi connectivity index (χ4v) is 1.25. The SMILES string of the molecule is CCOC(=O)c1n[nH]c(C)c1CC. The van der Waals surface area contributed by atoms with Crippen LogP contribution in [0.4, 0.5) is 0 Å². The molecule has 0 aromatic carbocycles. The molecule has 0 aliphatic rings. The number of H-pyrrole nitrogens is 1. The summed E-state index contributed by atoms with van der Waals surface area (Å²) in [4.78, 5) is 11.3. The fraction of sp³-hybridized carbons (Fsp3) is 0.556. The third-order valence-electron chi connectivity index (χ3n) is 1.90. The summed E-state index contributed by atoms with van der Waals surface area (Å²) < 4.78 is 4.86. The van der Waals surface area contributed by atoms with Gasteiger partial charge in [-0.2, -0.15) is 5.10 Å². The van der Waals surface area contributed by atoms with Gasteiger partial charge < -0.3 is 4.74 Å². The summed E-state index contributed by atoms with van der Waals surface area (Å²) in [5, 5.41) is 6.68. The van der Waals surface area contributed by atoms with E-state index in [0.29, 0.717) is 12.3 Å². The molecule has 0 saturated carbocycles. The molecule has 0 fully saturated rings. The van der Waals surface area contributed by atoms with Gasteiger partial charge in [-0.15, -0.1) is 0 Å². The minimum absolute atomic E-state index is 0.344. The first-order valence-corrected chi connectivity index (χ1v) is 4.41. The number of rotatable bonds is 3. The summed E-state index contributed by atoms with van der Waals surface area (Å²) in [5.74, 6) is -0.344. The van der Waals surface area contributed by atoms with Crippen LogP contribution in [0.5, 0.6) is 0 Å². The van der Waals surface area contributed by atoms with Crippen molar-refractivity contribution >= 4 is 5.97 Å². The van der Waals surface area contributed by atoms with Crippen molar-refractivity contribution in [2.75, 3.05) is 6.61 Å². The van der Waals surface area contributed by atoms with Crippen molar-refractivity contribution in [2.24, 2.45) is 0 Å². The average molecular weight is 182 g/mol. The van der Waals surface area contributed by atoms with Crippen LogP contribution in [-0.2, 0) is 11.2 Å². The molecule has 0 aliphatic heterocycles. The van der Waals surface area contributed by atoms with E-state index < -0.39 is 0 Å². The molecule has 4 nitrogen and oxygen atoms in total. The Bertz CT molecular complexity index is 305. The molecule has 13 heavy (non-hydrogen) atoms. The van der Waals surface area contributed by atoms with E-state index in [1.807, 2.05) is 13.8 Å². The van der Waals surface area contributed by atoms with Crippen LogP contribution in [0, 0.1) is 6.92 Å². The van der Waals surface area contributed by atoms with E-state index in [9.17, 15) is 4.79 Å². The van der Waals surface area contributed by atoms with Gasteiger partial charge in [0, 0.05) is 11.3 Å². The Morgan fingerprint density at radius 2 is 2.23 bits per heavy atom. The number of aromatic amines is 1. The number of carbonyl (C=O) groups is 1. The molecule has 0 bridgehead atoms. The first kappa shape index (κ1) is 9.77. The van der Waals surface area contributed by atoms with Crippen LogP contribution in [0.3, 0.4) is 0 Å². The lowest BCUT2D eigenvalue weighted by Gasteiger charge is -1.99. The second kappa shape index (κ2) is 4.07. The largest absolute Gasteiger partial charge is 0.461 e. The van der Waals surface area contributed by atoms with Crippen LogP contribution >= 0.6 is 0 Å². The monoisotopic (exact) mass is 182 g/mol. The van der Waals surface area contributed by atoms with Crippen LogP contribution in [0.1, 0.15) is 35.6 Å². The Morgan fingerprint density at radius 3 is 2.77 bits per heavy atom. The maximum absolute atomic E-state index is 11.3. The molecular formula is C9H14N2O2. The molecule has 1 N–H and O–H groups in total. The molecule has 0 aliphatic carbocycles. The molecule has 0 saturated heterocycles. The third kappa shape index (κ3) is 1.88. The van der Waals surface area contributed by atoms with Crippen molar-refractivity contribution in [2.45, 2.75) is 27.2 Å². The number of aromatic nitrogens is 2. The minimum atomic E-state index is -0.344. The van der Waals surface area contributed by atoms with Gasteiger partial charge in [-0.05, 0) is 20.3 Å². The Morgan fingerprint density at radius 1 is 1.54 bits per heavy atom. The van der Waals surface area contributed by atoms with Crippen molar-refractivity contribution in [3.8, 4) is 0 Å². The van der Waals surface area contributed by atoms with Crippen molar-refractivity contribution in [1.82, 2.24) is 10.2 Å². The first-order valence-electron chi connectivity index (χ1n) is 4.41. The standard InChI is InChI=1S/C9H14N2O2/c1-4-7-6(3)10-11-8(7)9(12)13-5-2/h4-5H2,1-3H3,(H,10,11). The third-order valence-corrected chi connectivity index (χ3v) is 1.90. The zero-order valence-electron chi connectivity index (χ0n) is 8.18. The molecule has 0 radical (unpaired) electrons. The van der Waals surface area contributed by atoms with Crippen LogP contribution in [0.2, 0.25) is 0 Å². The number of esters is 1. The lowest BCUT2D eigenvalue weighted by atomic mass is 10.1. The van der Waals surface area contributed by atoms with E-state index in [-0.39, 0.29) is 5.97 Å². The predicted octanol–water partition coefficient (Wildman–Crippen LogP) is 1.46. The Balaban J connectivity index is 2.93. The molecular weight excluding hydrogens is 168 g/mol. The lowest BCUT2D eigenvalue weighted by Crippen LogP contribution is -2.07. The van der Waals surface area contributed by atoms with Crippen LogP contribution < -0.4 is 0 Å². The summed E-state index contributed by atoms with van der Waals surface area (Å²) in [6, 6.07) is 0. The van der Waals surface area contributed by atoms with E-state index in [0.717, 1.165) is 17.7 Å². The van der Waals surface area contributed by atoms with Crippen molar-refractivity contribution in [3.05, 3.63) is 17.0 Å². The van der Waals surface area contributed by atoms with Crippen molar-refractivity contribution in [1.29, 1.82) is 0 Å². The van der Waals surface area contributed by atoms with Gasteiger partial charge in [0.2, 0.25) is 0 Å². The normalized spacial score (nSPS) is 10.1. The number of hydrogen-bond acceptors (Lipinski definition) is 3. The predicted molar refractivity (Wildman–Crippen MR) is 48.7 cm³/mol. The summed E-state index contributed by atoms with van der Waals surface area (Å²) in [5.41, 5.74) is 2.30. The van der Waals surface area contributed by atoms with Gasteiger partial charge in [0.25, 0.3) is 0 Å². The highest BCUT2D eigenvalue weighted by Gasteiger charge is 2.16. The Hall–Kier alpha value is -1.32. The summed E-state index contributed by atoms with van der Waals surface area (Å²) in [6.07, 6.45) is 0.788. The van der Waals surface area contributed by atoms with Crippen LogP contribution in [0.15, 0.2) is 0 Å².